The van der Waals surface area contributed by atoms with E-state index in [9.17, 15) is 0 Å². The van der Waals surface area contributed by atoms with Crippen LogP contribution in [0.2, 0.25) is 0 Å². The first kappa shape index (κ1) is 10.3. The number of nitrogens with zero attached hydrogens (tertiary/aromatic N) is 1. The Morgan fingerprint density at radius 1 is 1.50 bits per heavy atom. The van der Waals surface area contributed by atoms with Crippen molar-refractivity contribution in [3.63, 3.8) is 0 Å². The fourth-order valence-electron chi connectivity index (χ4n) is 2.09. The molecule has 1 N–H and O–H groups in total. The molecule has 0 saturated carbocycles. The van der Waals surface area contributed by atoms with Crippen LogP contribution in [-0.4, -0.2) is 50.3 Å². The molecule has 0 aliphatic carbocycles. The molecule has 2 saturated heterocycles. The highest BCUT2D eigenvalue weighted by Crippen LogP contribution is 2.20. The molecule has 0 aromatic carbocycles. The van der Waals surface area contributed by atoms with E-state index in [1.165, 1.54) is 13.0 Å². The highest BCUT2D eigenvalue weighted by atomic mass is 35.5. The molecule has 2 rings (SSSR count). The summed E-state index contributed by atoms with van der Waals surface area (Å²) < 4.78 is 5.33. The maximum Gasteiger partial charge on any atom is 0.0713 e. The van der Waals surface area contributed by atoms with E-state index in [4.69, 9.17) is 4.74 Å². The first-order valence-corrected chi connectivity index (χ1v) is 4.37. The van der Waals surface area contributed by atoms with Crippen LogP contribution in [0.15, 0.2) is 0 Å². The van der Waals surface area contributed by atoms with Crippen molar-refractivity contribution in [1.82, 2.24) is 10.2 Å². The van der Waals surface area contributed by atoms with Crippen LogP contribution in [-0.2, 0) is 4.74 Å². The molecule has 3 nitrogen and oxygen atoms in total. The summed E-state index contributed by atoms with van der Waals surface area (Å²) in [5, 5.41) is 3.40. The van der Waals surface area contributed by atoms with Crippen LogP contribution >= 0.6 is 12.4 Å². The number of ether oxygens (including phenoxy) is 1. The zero-order valence-electron chi connectivity index (χ0n) is 7.45. The number of methoxy groups -OCH3 is 1. The molecule has 0 unspecified atom stereocenters. The van der Waals surface area contributed by atoms with E-state index in [0.29, 0.717) is 6.10 Å². The van der Waals surface area contributed by atoms with Crippen LogP contribution in [0.3, 0.4) is 0 Å². The van der Waals surface area contributed by atoms with Gasteiger partial charge in [-0.05, 0) is 6.42 Å². The Labute approximate surface area is 79.9 Å². The lowest BCUT2D eigenvalue weighted by Crippen LogP contribution is -2.47. The summed E-state index contributed by atoms with van der Waals surface area (Å²) in [7, 11) is 1.82. The number of fused-ring (bicyclic) bond motifs is 1. The largest absolute Gasteiger partial charge is 0.380 e. The van der Waals surface area contributed by atoms with Crippen LogP contribution in [0.4, 0.5) is 0 Å². The molecule has 0 aromatic heterocycles. The van der Waals surface area contributed by atoms with Crippen molar-refractivity contribution in [2.24, 2.45) is 0 Å². The third-order valence-corrected chi connectivity index (χ3v) is 2.78. The number of halogens is 1. The highest BCUT2D eigenvalue weighted by Gasteiger charge is 2.33. The normalized spacial score (nSPS) is 35.8. The van der Waals surface area contributed by atoms with Crippen molar-refractivity contribution in [3.8, 4) is 0 Å². The molecule has 4 heteroatoms. The second-order valence-electron chi connectivity index (χ2n) is 3.45. The van der Waals surface area contributed by atoms with E-state index >= 15 is 0 Å². The summed E-state index contributed by atoms with van der Waals surface area (Å²) in [5.74, 6) is 0. The van der Waals surface area contributed by atoms with Gasteiger partial charge in [-0.25, -0.2) is 0 Å². The van der Waals surface area contributed by atoms with Gasteiger partial charge in [0.1, 0.15) is 0 Å². The van der Waals surface area contributed by atoms with E-state index in [1.54, 1.807) is 0 Å². The third kappa shape index (κ3) is 1.91. The van der Waals surface area contributed by atoms with Crippen molar-refractivity contribution in [2.45, 2.75) is 18.6 Å². The maximum absolute atomic E-state index is 5.33. The Kier molecular flexibility index (Phi) is 3.77. The van der Waals surface area contributed by atoms with Crippen molar-refractivity contribution in [3.05, 3.63) is 0 Å². The average Bonchev–Trinajstić information content (AvgIpc) is 2.46. The van der Waals surface area contributed by atoms with Crippen molar-refractivity contribution >= 4 is 12.4 Å². The van der Waals surface area contributed by atoms with Gasteiger partial charge in [-0.15, -0.1) is 12.4 Å². The van der Waals surface area contributed by atoms with Crippen molar-refractivity contribution in [2.75, 3.05) is 33.3 Å². The molecule has 0 spiro atoms. The average molecular weight is 193 g/mol. The summed E-state index contributed by atoms with van der Waals surface area (Å²) in [5.41, 5.74) is 0. The van der Waals surface area contributed by atoms with Gasteiger partial charge in [-0.3, -0.25) is 4.90 Å². The summed E-state index contributed by atoms with van der Waals surface area (Å²) in [4.78, 5) is 2.53. The molecule has 2 aliphatic heterocycles. The van der Waals surface area contributed by atoms with Crippen LogP contribution in [0.1, 0.15) is 6.42 Å². The molecule has 0 radical (unpaired) electrons. The minimum atomic E-state index is 0. The topological polar surface area (TPSA) is 24.5 Å². The van der Waals surface area contributed by atoms with E-state index in [-0.39, 0.29) is 12.4 Å². The van der Waals surface area contributed by atoms with Gasteiger partial charge in [0.15, 0.2) is 0 Å². The zero-order chi connectivity index (χ0) is 7.68. The van der Waals surface area contributed by atoms with Crippen LogP contribution in [0.25, 0.3) is 0 Å². The molecule has 2 fully saturated rings. The first-order chi connectivity index (χ1) is 5.40. The number of nitrogens with one attached hydrogen (secondary N) is 1. The lowest BCUT2D eigenvalue weighted by Gasteiger charge is -2.29. The van der Waals surface area contributed by atoms with Gasteiger partial charge >= 0.3 is 0 Å². The van der Waals surface area contributed by atoms with Crippen LogP contribution < -0.4 is 5.32 Å². The smallest absolute Gasteiger partial charge is 0.0713 e. The Hall–Kier alpha value is 0.170. The molecule has 0 aromatic rings. The molecular formula is C8H17ClN2O. The monoisotopic (exact) mass is 192 g/mol. The maximum atomic E-state index is 5.33. The summed E-state index contributed by atoms with van der Waals surface area (Å²) in [6.07, 6.45) is 1.70. The Bertz CT molecular complexity index is 131. The molecule has 0 bridgehead atoms. The number of hydrogen-bond acceptors (Lipinski definition) is 3. The highest BCUT2D eigenvalue weighted by molar-refractivity contribution is 5.85. The van der Waals surface area contributed by atoms with E-state index in [2.05, 4.69) is 10.2 Å². The molecule has 2 heterocycles. The summed E-state index contributed by atoms with van der Waals surface area (Å²) in [6.45, 7) is 4.64. The molecular weight excluding hydrogens is 176 g/mol. The molecule has 2 aliphatic rings. The predicted molar refractivity (Wildman–Crippen MR) is 50.9 cm³/mol. The van der Waals surface area contributed by atoms with Crippen LogP contribution in [0.5, 0.6) is 0 Å². The molecule has 12 heavy (non-hydrogen) atoms. The van der Waals surface area contributed by atoms with Crippen molar-refractivity contribution in [1.29, 1.82) is 0 Å². The zero-order valence-corrected chi connectivity index (χ0v) is 8.27. The molecule has 2 atom stereocenters. The van der Waals surface area contributed by atoms with Gasteiger partial charge in [0.25, 0.3) is 0 Å². The third-order valence-electron chi connectivity index (χ3n) is 2.78. The molecule has 72 valence electrons. The fourth-order valence-corrected chi connectivity index (χ4v) is 2.09. The minimum absolute atomic E-state index is 0. The van der Waals surface area contributed by atoms with Gasteiger partial charge in [-0.1, -0.05) is 0 Å². The number of hydrogen-bond donors (Lipinski definition) is 1. The minimum Gasteiger partial charge on any atom is -0.380 e. The lowest BCUT2D eigenvalue weighted by atomic mass is 10.2. The quantitative estimate of drug-likeness (QED) is 0.638. The summed E-state index contributed by atoms with van der Waals surface area (Å²) in [6, 6.07) is 0.744. The SMILES string of the molecule is CO[C@H]1C[C@H]2CNCCN2C1.Cl. The van der Waals surface area contributed by atoms with E-state index in [1.807, 2.05) is 7.11 Å². The van der Waals surface area contributed by atoms with Gasteiger partial charge in [0.05, 0.1) is 6.10 Å². The summed E-state index contributed by atoms with van der Waals surface area (Å²) >= 11 is 0. The Morgan fingerprint density at radius 2 is 2.33 bits per heavy atom. The van der Waals surface area contributed by atoms with Gasteiger partial charge in [0, 0.05) is 39.3 Å². The van der Waals surface area contributed by atoms with Crippen LogP contribution in [0, 0.1) is 0 Å². The first-order valence-electron chi connectivity index (χ1n) is 4.37. The number of rotatable bonds is 1. The van der Waals surface area contributed by atoms with Gasteiger partial charge in [0.2, 0.25) is 0 Å². The standard InChI is InChI=1S/C8H16N2O.ClH/c1-11-8-4-7-5-9-2-3-10(7)6-8;/h7-9H,2-6H2,1H3;1H/t7-,8-;/m0./s1. The Morgan fingerprint density at radius 3 is 3.00 bits per heavy atom. The second kappa shape index (κ2) is 4.42. The molecule has 0 amide bonds. The lowest BCUT2D eigenvalue weighted by molar-refractivity contribution is 0.108. The van der Waals surface area contributed by atoms with Gasteiger partial charge in [-0.2, -0.15) is 0 Å². The Balaban J connectivity index is 0.000000720. The fraction of sp³-hybridized carbons (Fsp3) is 1.00. The van der Waals surface area contributed by atoms with Gasteiger partial charge < -0.3 is 10.1 Å². The van der Waals surface area contributed by atoms with Crippen molar-refractivity contribution < 1.29 is 4.74 Å². The van der Waals surface area contributed by atoms with E-state index in [0.717, 1.165) is 25.7 Å². The second-order valence-corrected chi connectivity index (χ2v) is 3.45. The predicted octanol–water partition coefficient (Wildman–Crippen LogP) is 0.101. The van der Waals surface area contributed by atoms with E-state index < -0.39 is 0 Å². The number of piperazine rings is 1.